The number of nitriles is 1. The van der Waals surface area contributed by atoms with Gasteiger partial charge in [0.25, 0.3) is 0 Å². The van der Waals surface area contributed by atoms with Crippen molar-refractivity contribution in [3.8, 4) is 6.07 Å². The smallest absolute Gasteiger partial charge is 0.152 e. The average molecular weight is 296 g/mol. The van der Waals surface area contributed by atoms with Gasteiger partial charge in [0.1, 0.15) is 17.4 Å². The normalized spacial score (nSPS) is 10.4. The summed E-state index contributed by atoms with van der Waals surface area (Å²) in [7, 11) is 0. The first-order chi connectivity index (χ1) is 10.7. The molecule has 2 aromatic heterocycles. The van der Waals surface area contributed by atoms with Crippen LogP contribution in [-0.4, -0.2) is 9.97 Å². The topological polar surface area (TPSA) is 61.6 Å². The second-order valence-electron chi connectivity index (χ2n) is 4.66. The molecule has 0 aliphatic heterocycles. The summed E-state index contributed by atoms with van der Waals surface area (Å²) in [6.07, 6.45) is 4.59. The van der Waals surface area contributed by atoms with Gasteiger partial charge in [-0.15, -0.1) is 0 Å². The summed E-state index contributed by atoms with van der Waals surface area (Å²) < 4.78 is 27.3. The number of benzene rings is 1. The zero-order chi connectivity index (χ0) is 15.5. The van der Waals surface area contributed by atoms with E-state index in [1.807, 2.05) is 12.1 Å². The van der Waals surface area contributed by atoms with Crippen LogP contribution >= 0.6 is 0 Å². The first-order valence-corrected chi connectivity index (χ1v) is 6.49. The van der Waals surface area contributed by atoms with Gasteiger partial charge >= 0.3 is 0 Å². The summed E-state index contributed by atoms with van der Waals surface area (Å²) in [6.45, 7) is 0.375. The van der Waals surface area contributed by atoms with E-state index in [0.717, 1.165) is 17.7 Å². The van der Waals surface area contributed by atoms with E-state index < -0.39 is 11.6 Å². The average Bonchev–Trinajstić information content (AvgIpc) is 2.53. The quantitative estimate of drug-likeness (QED) is 0.804. The van der Waals surface area contributed by atoms with Crippen molar-refractivity contribution in [2.24, 2.45) is 0 Å². The lowest BCUT2D eigenvalue weighted by Crippen LogP contribution is -2.04. The highest BCUT2D eigenvalue weighted by Gasteiger charge is 2.13. The number of anilines is 1. The standard InChI is InChI=1S/C16H10F2N4/c17-12-4-13-15(21-8-10-2-1-3-20-7-10)11(6-19)9-22-16(13)14(18)5-12/h1-5,7,9H,8H2,(H,21,22). The molecule has 0 bridgehead atoms. The molecule has 0 radical (unpaired) electrons. The van der Waals surface area contributed by atoms with Crippen molar-refractivity contribution in [1.82, 2.24) is 9.97 Å². The molecule has 0 atom stereocenters. The van der Waals surface area contributed by atoms with E-state index in [0.29, 0.717) is 12.2 Å². The molecule has 1 aromatic carbocycles. The summed E-state index contributed by atoms with van der Waals surface area (Å²) in [5.74, 6) is -1.48. The fourth-order valence-corrected chi connectivity index (χ4v) is 2.19. The Hall–Kier alpha value is -3.07. The number of rotatable bonds is 3. The van der Waals surface area contributed by atoms with Crippen LogP contribution in [0, 0.1) is 23.0 Å². The summed E-state index contributed by atoms with van der Waals surface area (Å²) >= 11 is 0. The van der Waals surface area contributed by atoms with Gasteiger partial charge < -0.3 is 5.32 Å². The number of hydrogen-bond acceptors (Lipinski definition) is 4. The van der Waals surface area contributed by atoms with Crippen LogP contribution in [0.25, 0.3) is 10.9 Å². The summed E-state index contributed by atoms with van der Waals surface area (Å²) in [5.41, 5.74) is 1.48. The molecule has 0 aliphatic rings. The van der Waals surface area contributed by atoms with Gasteiger partial charge in [0.15, 0.2) is 5.82 Å². The largest absolute Gasteiger partial charge is 0.379 e. The van der Waals surface area contributed by atoms with Crippen molar-refractivity contribution in [1.29, 1.82) is 5.26 Å². The van der Waals surface area contributed by atoms with Gasteiger partial charge in [0, 0.05) is 36.6 Å². The fraction of sp³-hybridized carbons (Fsp3) is 0.0625. The van der Waals surface area contributed by atoms with Crippen LogP contribution in [0.5, 0.6) is 0 Å². The molecular formula is C16H10F2N4. The van der Waals surface area contributed by atoms with Crippen molar-refractivity contribution >= 4 is 16.6 Å². The summed E-state index contributed by atoms with van der Waals surface area (Å²) in [5, 5.41) is 12.5. The predicted molar refractivity (Wildman–Crippen MR) is 77.9 cm³/mol. The Labute approximate surface area is 125 Å². The van der Waals surface area contributed by atoms with Gasteiger partial charge in [0.05, 0.1) is 11.3 Å². The lowest BCUT2D eigenvalue weighted by molar-refractivity contribution is 0.590. The highest BCUT2D eigenvalue weighted by atomic mass is 19.1. The highest BCUT2D eigenvalue weighted by molar-refractivity contribution is 5.94. The van der Waals surface area contributed by atoms with Crippen LogP contribution in [0.3, 0.4) is 0 Å². The molecule has 108 valence electrons. The van der Waals surface area contributed by atoms with E-state index in [-0.39, 0.29) is 16.5 Å². The maximum absolute atomic E-state index is 13.8. The van der Waals surface area contributed by atoms with Crippen LogP contribution < -0.4 is 5.32 Å². The molecule has 6 heteroatoms. The molecule has 0 aliphatic carbocycles. The number of hydrogen-bond donors (Lipinski definition) is 1. The third kappa shape index (κ3) is 2.56. The van der Waals surface area contributed by atoms with Crippen molar-refractivity contribution in [3.05, 3.63) is 65.6 Å². The molecule has 2 heterocycles. The van der Waals surface area contributed by atoms with Crippen molar-refractivity contribution < 1.29 is 8.78 Å². The van der Waals surface area contributed by atoms with Crippen LogP contribution in [0.2, 0.25) is 0 Å². The lowest BCUT2D eigenvalue weighted by Gasteiger charge is -2.11. The van der Waals surface area contributed by atoms with Crippen molar-refractivity contribution in [2.45, 2.75) is 6.54 Å². The Kier molecular flexibility index (Phi) is 3.62. The van der Waals surface area contributed by atoms with E-state index in [9.17, 15) is 14.0 Å². The molecule has 4 nitrogen and oxygen atoms in total. The first-order valence-electron chi connectivity index (χ1n) is 6.49. The van der Waals surface area contributed by atoms with E-state index in [4.69, 9.17) is 0 Å². The molecule has 0 saturated heterocycles. The van der Waals surface area contributed by atoms with Gasteiger partial charge in [0.2, 0.25) is 0 Å². The molecule has 0 fully saturated rings. The number of halogens is 2. The molecule has 0 unspecified atom stereocenters. The fourth-order valence-electron chi connectivity index (χ4n) is 2.19. The molecule has 3 rings (SSSR count). The maximum atomic E-state index is 13.8. The van der Waals surface area contributed by atoms with E-state index in [1.165, 1.54) is 6.20 Å². The summed E-state index contributed by atoms with van der Waals surface area (Å²) in [6, 6.07) is 7.55. The monoisotopic (exact) mass is 296 g/mol. The SMILES string of the molecule is N#Cc1cnc2c(F)cc(F)cc2c1NCc1cccnc1. The second kappa shape index (κ2) is 5.74. The maximum Gasteiger partial charge on any atom is 0.152 e. The second-order valence-corrected chi connectivity index (χ2v) is 4.66. The summed E-state index contributed by atoms with van der Waals surface area (Å²) in [4.78, 5) is 7.88. The number of nitrogens with zero attached hydrogens (tertiary/aromatic N) is 3. The Morgan fingerprint density at radius 2 is 2.09 bits per heavy atom. The third-order valence-corrected chi connectivity index (χ3v) is 3.20. The third-order valence-electron chi connectivity index (χ3n) is 3.20. The Bertz CT molecular complexity index is 873. The lowest BCUT2D eigenvalue weighted by atomic mass is 10.1. The molecule has 0 saturated carbocycles. The van der Waals surface area contributed by atoms with Gasteiger partial charge in [-0.1, -0.05) is 6.07 Å². The first kappa shape index (κ1) is 13.9. The predicted octanol–water partition coefficient (Wildman–Crippen LogP) is 3.39. The van der Waals surface area contributed by atoms with Gasteiger partial charge in [-0.25, -0.2) is 8.78 Å². The van der Waals surface area contributed by atoms with Gasteiger partial charge in [-0.05, 0) is 17.7 Å². The Morgan fingerprint density at radius 1 is 1.23 bits per heavy atom. The van der Waals surface area contributed by atoms with Crippen molar-refractivity contribution in [2.75, 3.05) is 5.32 Å². The molecule has 3 aromatic rings. The number of nitrogens with one attached hydrogen (secondary N) is 1. The molecule has 22 heavy (non-hydrogen) atoms. The van der Waals surface area contributed by atoms with Crippen LogP contribution in [-0.2, 0) is 6.54 Å². The van der Waals surface area contributed by atoms with E-state index in [1.54, 1.807) is 18.5 Å². The van der Waals surface area contributed by atoms with Gasteiger partial charge in [-0.2, -0.15) is 5.26 Å². The minimum Gasteiger partial charge on any atom is -0.379 e. The number of pyridine rings is 2. The molecule has 1 N–H and O–H groups in total. The number of aromatic nitrogens is 2. The van der Waals surface area contributed by atoms with Crippen LogP contribution in [0.4, 0.5) is 14.5 Å². The Morgan fingerprint density at radius 3 is 2.82 bits per heavy atom. The molecule has 0 spiro atoms. The minimum absolute atomic E-state index is 0.0223. The van der Waals surface area contributed by atoms with Crippen molar-refractivity contribution in [3.63, 3.8) is 0 Å². The molecule has 0 amide bonds. The van der Waals surface area contributed by atoms with Crippen LogP contribution in [0.15, 0.2) is 42.9 Å². The van der Waals surface area contributed by atoms with Crippen LogP contribution in [0.1, 0.15) is 11.1 Å². The van der Waals surface area contributed by atoms with E-state index in [2.05, 4.69) is 15.3 Å². The zero-order valence-corrected chi connectivity index (χ0v) is 11.3. The van der Waals surface area contributed by atoms with Gasteiger partial charge in [-0.3, -0.25) is 9.97 Å². The molecular weight excluding hydrogens is 286 g/mol. The minimum atomic E-state index is -0.760. The Balaban J connectivity index is 2.08. The zero-order valence-electron chi connectivity index (χ0n) is 11.3. The van der Waals surface area contributed by atoms with E-state index >= 15 is 0 Å². The number of fused-ring (bicyclic) bond motifs is 1. The highest BCUT2D eigenvalue weighted by Crippen LogP contribution is 2.28.